The number of aryl methyl sites for hydroxylation is 1. The molecule has 2 unspecified atom stereocenters. The van der Waals surface area contributed by atoms with Crippen molar-refractivity contribution in [3.8, 4) is 28.0 Å². The number of benzene rings is 4. The van der Waals surface area contributed by atoms with Crippen LogP contribution in [0.15, 0.2) is 119 Å². The summed E-state index contributed by atoms with van der Waals surface area (Å²) in [6.45, 7) is 5.70. The van der Waals surface area contributed by atoms with Gasteiger partial charge in [-0.2, -0.15) is 21.4 Å². The van der Waals surface area contributed by atoms with Gasteiger partial charge in [0.15, 0.2) is 12.3 Å². The molecule has 0 aliphatic carbocycles. The third kappa shape index (κ3) is 8.47. The molecule has 0 spiro atoms. The van der Waals surface area contributed by atoms with E-state index in [0.29, 0.717) is 42.5 Å². The smallest absolute Gasteiger partial charge is 0.374 e. The Labute approximate surface area is 305 Å². The second-order valence-electron chi connectivity index (χ2n) is 13.1. The predicted octanol–water partition coefficient (Wildman–Crippen LogP) is 8.31. The first kappa shape index (κ1) is 37.0. The van der Waals surface area contributed by atoms with Crippen LogP contribution in [0, 0.1) is 0 Å². The molecule has 0 bridgehead atoms. The van der Waals surface area contributed by atoms with Crippen molar-refractivity contribution in [3.05, 3.63) is 120 Å². The Morgan fingerprint density at radius 3 is 2.00 bits per heavy atom. The summed E-state index contributed by atoms with van der Waals surface area (Å²) in [5, 5.41) is -1.88. The van der Waals surface area contributed by atoms with Crippen LogP contribution >= 0.6 is 0 Å². The number of aromatic nitrogens is 1. The van der Waals surface area contributed by atoms with Gasteiger partial charge in [0.1, 0.15) is 0 Å². The van der Waals surface area contributed by atoms with Crippen LogP contribution in [0.3, 0.4) is 0 Å². The highest BCUT2D eigenvalue weighted by atomic mass is 32.2. The fourth-order valence-electron chi connectivity index (χ4n) is 6.21. The molecule has 1 aliphatic rings. The molecule has 5 aromatic rings. The van der Waals surface area contributed by atoms with Crippen LogP contribution in [0.1, 0.15) is 52.3 Å². The molecule has 0 radical (unpaired) electrons. The normalized spacial score (nSPS) is 15.5. The van der Waals surface area contributed by atoms with Gasteiger partial charge in [0.25, 0.3) is 25.8 Å². The maximum absolute atomic E-state index is 11.9. The Hall–Kier alpha value is -4.75. The minimum Gasteiger partial charge on any atom is -0.439 e. The fourth-order valence-corrected chi connectivity index (χ4v) is 7.07. The molecule has 1 aromatic heterocycles. The number of oxazole rings is 1. The van der Waals surface area contributed by atoms with Crippen molar-refractivity contribution in [2.45, 2.75) is 63.5 Å². The van der Waals surface area contributed by atoms with Gasteiger partial charge >= 0.3 is 5.89 Å². The van der Waals surface area contributed by atoms with Crippen molar-refractivity contribution < 1.29 is 39.7 Å². The maximum Gasteiger partial charge on any atom is 0.374 e. The zero-order valence-electron chi connectivity index (χ0n) is 29.3. The number of hydrogen-bond acceptors (Lipinski definition) is 7. The number of fused-ring (bicyclic) bond motifs is 2. The second kappa shape index (κ2) is 15.5. The van der Waals surface area contributed by atoms with E-state index in [1.807, 2.05) is 120 Å². The fraction of sp³-hybridized carbons (Fsp3) is 0.275. The topological polar surface area (TPSA) is 138 Å². The van der Waals surface area contributed by atoms with Gasteiger partial charge in [-0.05, 0) is 79.1 Å². The van der Waals surface area contributed by atoms with Gasteiger partial charge in [-0.1, -0.05) is 79.7 Å². The zero-order valence-corrected chi connectivity index (χ0v) is 31.0. The SMILES string of the molecule is CCC(=Cc1oc2ccc(-c3ccccc3)cc2[n+]1CCCC(C)S(=O)(=O)O)C=C1Oc2ccc(-c3ccccc3)cc2N1CCC(C)S(=O)(=O)O. The van der Waals surface area contributed by atoms with Crippen molar-refractivity contribution in [2.75, 3.05) is 11.4 Å². The molecule has 0 fully saturated rings. The monoisotopic (exact) mass is 743 g/mol. The number of ether oxygens (including phenoxy) is 1. The first-order valence-electron chi connectivity index (χ1n) is 17.3. The van der Waals surface area contributed by atoms with Crippen LogP contribution in [-0.2, 0) is 26.8 Å². The molecule has 2 atom stereocenters. The highest BCUT2D eigenvalue weighted by molar-refractivity contribution is 7.86. The molecular formula is C40H43N2O8S2+. The summed E-state index contributed by atoms with van der Waals surface area (Å²) in [4.78, 5) is 1.93. The van der Waals surface area contributed by atoms with Crippen molar-refractivity contribution in [1.29, 1.82) is 0 Å². The van der Waals surface area contributed by atoms with Gasteiger partial charge in [-0.3, -0.25) is 9.11 Å². The van der Waals surface area contributed by atoms with Gasteiger partial charge in [0.2, 0.25) is 11.5 Å². The summed E-state index contributed by atoms with van der Waals surface area (Å²) in [6, 6.07) is 31.8. The molecule has 1 aliphatic heterocycles. The van der Waals surface area contributed by atoms with Crippen LogP contribution in [0.2, 0.25) is 0 Å². The number of nitrogens with zero attached hydrogens (tertiary/aromatic N) is 2. The highest BCUT2D eigenvalue weighted by Gasteiger charge is 2.30. The van der Waals surface area contributed by atoms with Crippen LogP contribution in [0.4, 0.5) is 5.69 Å². The van der Waals surface area contributed by atoms with E-state index in [1.54, 1.807) is 0 Å². The van der Waals surface area contributed by atoms with Crippen LogP contribution in [-0.4, -0.2) is 43.0 Å². The molecule has 2 heterocycles. The van der Waals surface area contributed by atoms with Crippen LogP contribution in [0.25, 0.3) is 39.4 Å². The standard InChI is InChI=1S/C40H42N2O8S2/c1-4-30(25-40-42(23-21-29(3)52(46,47)48)36-27-34(18-20-38(36)50-40)32-15-9-6-10-16-32)24-39-41(22-11-12-28(2)51(43,44)45)35-26-33(17-19-37(35)49-39)31-13-7-5-8-14-31/h5-10,13-20,24-29H,4,11-12,21-23H2,1-3H3,(H-,43,44,45,46,47,48)/p+1. The molecule has 0 saturated heterocycles. The summed E-state index contributed by atoms with van der Waals surface area (Å²) in [6.07, 6.45) is 5.34. The molecule has 10 nitrogen and oxygen atoms in total. The Kier molecular flexibility index (Phi) is 11.0. The third-order valence-corrected chi connectivity index (χ3v) is 12.0. The highest BCUT2D eigenvalue weighted by Crippen LogP contribution is 2.42. The van der Waals surface area contributed by atoms with Gasteiger partial charge in [0.05, 0.1) is 22.3 Å². The first-order chi connectivity index (χ1) is 24.8. The lowest BCUT2D eigenvalue weighted by atomic mass is 10.0. The molecule has 272 valence electrons. The summed E-state index contributed by atoms with van der Waals surface area (Å²) >= 11 is 0. The van der Waals surface area contributed by atoms with E-state index < -0.39 is 30.7 Å². The van der Waals surface area contributed by atoms with Crippen molar-refractivity contribution in [1.82, 2.24) is 0 Å². The minimum absolute atomic E-state index is 0.162. The summed E-state index contributed by atoms with van der Waals surface area (Å²) in [5.74, 6) is 1.69. The van der Waals surface area contributed by atoms with E-state index in [9.17, 15) is 25.9 Å². The number of rotatable bonds is 14. The number of allylic oxidation sites excluding steroid dienone is 2. The number of anilines is 1. The maximum atomic E-state index is 11.9. The van der Waals surface area contributed by atoms with Crippen molar-refractivity contribution >= 4 is 43.1 Å². The van der Waals surface area contributed by atoms with Crippen LogP contribution in [0.5, 0.6) is 5.75 Å². The molecular weight excluding hydrogens is 701 g/mol. The summed E-state index contributed by atoms with van der Waals surface area (Å²) < 4.78 is 81.4. The molecule has 12 heteroatoms. The van der Waals surface area contributed by atoms with Gasteiger partial charge in [-0.25, -0.2) is 0 Å². The van der Waals surface area contributed by atoms with Crippen LogP contribution < -0.4 is 14.2 Å². The molecule has 0 saturated carbocycles. The predicted molar refractivity (Wildman–Crippen MR) is 204 cm³/mol. The zero-order chi connectivity index (χ0) is 37.0. The van der Waals surface area contributed by atoms with Gasteiger partial charge in [-0.15, -0.1) is 0 Å². The number of hydrogen-bond donors (Lipinski definition) is 2. The van der Waals surface area contributed by atoms with Crippen molar-refractivity contribution in [3.63, 3.8) is 0 Å². The van der Waals surface area contributed by atoms with E-state index in [1.165, 1.54) is 13.8 Å². The van der Waals surface area contributed by atoms with E-state index in [0.717, 1.165) is 39.0 Å². The van der Waals surface area contributed by atoms with Gasteiger partial charge in [0, 0.05) is 25.1 Å². The molecule has 52 heavy (non-hydrogen) atoms. The average molecular weight is 744 g/mol. The van der Waals surface area contributed by atoms with Gasteiger partial charge < -0.3 is 14.1 Å². The summed E-state index contributed by atoms with van der Waals surface area (Å²) in [7, 11) is -8.39. The summed E-state index contributed by atoms with van der Waals surface area (Å²) in [5.41, 5.74) is 7.20. The minimum atomic E-state index is -4.23. The second-order valence-corrected chi connectivity index (χ2v) is 16.7. The van der Waals surface area contributed by atoms with E-state index in [2.05, 4.69) is 6.07 Å². The molecule has 6 rings (SSSR count). The Morgan fingerprint density at radius 2 is 1.38 bits per heavy atom. The largest absolute Gasteiger partial charge is 0.439 e. The quantitative estimate of drug-likeness (QED) is 0.0850. The van der Waals surface area contributed by atoms with E-state index in [-0.39, 0.29) is 19.4 Å². The molecule has 4 aromatic carbocycles. The average Bonchev–Trinajstić information content (AvgIpc) is 3.65. The molecule has 2 N–H and O–H groups in total. The Morgan fingerprint density at radius 1 is 0.788 bits per heavy atom. The van der Waals surface area contributed by atoms with Crippen molar-refractivity contribution in [2.24, 2.45) is 0 Å². The lowest BCUT2D eigenvalue weighted by Crippen LogP contribution is -2.36. The Balaban J connectivity index is 1.39. The first-order valence-corrected chi connectivity index (χ1v) is 20.3. The Bertz CT molecular complexity index is 2340. The lowest BCUT2D eigenvalue weighted by molar-refractivity contribution is -0.678. The third-order valence-electron chi connectivity index (χ3n) is 9.47. The molecule has 0 amide bonds. The van der Waals surface area contributed by atoms with E-state index >= 15 is 0 Å². The van der Waals surface area contributed by atoms with E-state index in [4.69, 9.17) is 9.15 Å². The lowest BCUT2D eigenvalue weighted by Gasteiger charge is -2.20.